The zero-order chi connectivity index (χ0) is 14.9. The van der Waals surface area contributed by atoms with Crippen LogP contribution >= 0.6 is 11.6 Å². The van der Waals surface area contributed by atoms with Crippen molar-refractivity contribution in [1.29, 1.82) is 0 Å². The lowest BCUT2D eigenvalue weighted by molar-refractivity contribution is 0.0482. The Hall–Kier alpha value is -1.31. The van der Waals surface area contributed by atoms with Crippen molar-refractivity contribution in [3.63, 3.8) is 0 Å². The average Bonchev–Trinajstić information content (AvgIpc) is 3.17. The maximum atomic E-state index is 12.0. The molecule has 8 heteroatoms. The van der Waals surface area contributed by atoms with Crippen molar-refractivity contribution in [3.05, 3.63) is 22.7 Å². The molecule has 6 nitrogen and oxygen atoms in total. The highest BCUT2D eigenvalue weighted by molar-refractivity contribution is 7.89. The summed E-state index contributed by atoms with van der Waals surface area (Å²) in [6.07, 6.45) is 2.06. The Balaban J connectivity index is 2.40. The van der Waals surface area contributed by atoms with Crippen molar-refractivity contribution in [2.45, 2.75) is 17.7 Å². The average molecular weight is 320 g/mol. The standard InChI is InChI=1S/C12H14ClNO5S/c1-18-11-9(12(15)19-6-7-2-3-7)4-8(13)5-10(11)20(14,16)17/h4-5,7H,2-3,6H2,1H3,(H2,14,16,17). The van der Waals surface area contributed by atoms with E-state index in [9.17, 15) is 13.2 Å². The van der Waals surface area contributed by atoms with Crippen LogP contribution in [0.5, 0.6) is 5.75 Å². The van der Waals surface area contributed by atoms with Crippen LogP contribution in [0.15, 0.2) is 17.0 Å². The highest BCUT2D eigenvalue weighted by Crippen LogP contribution is 2.33. The summed E-state index contributed by atoms with van der Waals surface area (Å²) in [5.74, 6) is -0.444. The first-order chi connectivity index (χ1) is 9.32. The molecule has 0 heterocycles. The lowest BCUT2D eigenvalue weighted by atomic mass is 10.2. The topological polar surface area (TPSA) is 95.7 Å². The number of methoxy groups -OCH3 is 1. The van der Waals surface area contributed by atoms with Crippen molar-refractivity contribution in [3.8, 4) is 5.75 Å². The number of carbonyl (C=O) groups excluding carboxylic acids is 1. The van der Waals surface area contributed by atoms with Gasteiger partial charge >= 0.3 is 5.97 Å². The van der Waals surface area contributed by atoms with Gasteiger partial charge in [0.1, 0.15) is 10.5 Å². The Kier molecular flexibility index (Phi) is 4.22. The smallest absolute Gasteiger partial charge is 0.342 e. The number of benzene rings is 1. The number of hydrogen-bond acceptors (Lipinski definition) is 5. The number of primary sulfonamides is 1. The van der Waals surface area contributed by atoms with E-state index < -0.39 is 16.0 Å². The van der Waals surface area contributed by atoms with Crippen LogP contribution in [0.25, 0.3) is 0 Å². The largest absolute Gasteiger partial charge is 0.494 e. The summed E-state index contributed by atoms with van der Waals surface area (Å²) < 4.78 is 33.1. The van der Waals surface area contributed by atoms with E-state index >= 15 is 0 Å². The van der Waals surface area contributed by atoms with Gasteiger partial charge < -0.3 is 9.47 Å². The molecule has 0 saturated heterocycles. The summed E-state index contributed by atoms with van der Waals surface area (Å²) in [5.41, 5.74) is -0.0512. The predicted octanol–water partition coefficient (Wildman–Crippen LogP) is 1.56. The summed E-state index contributed by atoms with van der Waals surface area (Å²) in [5, 5.41) is 5.15. The Labute approximate surface area is 121 Å². The Morgan fingerprint density at radius 1 is 1.45 bits per heavy atom. The number of nitrogens with two attached hydrogens (primary N) is 1. The van der Waals surface area contributed by atoms with E-state index in [1.165, 1.54) is 13.2 Å². The molecule has 110 valence electrons. The minimum Gasteiger partial charge on any atom is -0.494 e. The van der Waals surface area contributed by atoms with Gasteiger partial charge in [0.05, 0.1) is 13.7 Å². The lowest BCUT2D eigenvalue weighted by Gasteiger charge is -2.12. The van der Waals surface area contributed by atoms with Crippen molar-refractivity contribution in [2.75, 3.05) is 13.7 Å². The molecule has 0 amide bonds. The third-order valence-electron chi connectivity index (χ3n) is 2.90. The number of halogens is 1. The highest BCUT2D eigenvalue weighted by atomic mass is 35.5. The molecule has 0 aromatic heterocycles. The molecule has 0 radical (unpaired) electrons. The second kappa shape index (κ2) is 5.59. The monoisotopic (exact) mass is 319 g/mol. The molecule has 0 aliphatic heterocycles. The van der Waals surface area contributed by atoms with Crippen LogP contribution < -0.4 is 9.88 Å². The molecule has 0 bridgehead atoms. The van der Waals surface area contributed by atoms with Crippen LogP contribution in [-0.4, -0.2) is 28.1 Å². The Morgan fingerprint density at radius 3 is 2.60 bits per heavy atom. The van der Waals surface area contributed by atoms with Crippen LogP contribution in [-0.2, 0) is 14.8 Å². The number of sulfonamides is 1. The molecular formula is C12H14ClNO5S. The SMILES string of the molecule is COc1c(C(=O)OCC2CC2)cc(Cl)cc1S(N)(=O)=O. The Bertz CT molecular complexity index is 639. The number of ether oxygens (including phenoxy) is 2. The zero-order valence-electron chi connectivity index (χ0n) is 10.8. The van der Waals surface area contributed by atoms with Gasteiger partial charge in [-0.3, -0.25) is 0 Å². The van der Waals surface area contributed by atoms with Crippen LogP contribution in [0.2, 0.25) is 5.02 Å². The first kappa shape index (κ1) is 15.1. The number of hydrogen-bond donors (Lipinski definition) is 1. The predicted molar refractivity (Wildman–Crippen MR) is 72.4 cm³/mol. The normalized spacial score (nSPS) is 14.9. The van der Waals surface area contributed by atoms with Crippen molar-refractivity contribution in [1.82, 2.24) is 0 Å². The van der Waals surface area contributed by atoms with Gasteiger partial charge in [-0.1, -0.05) is 11.6 Å². The third kappa shape index (κ3) is 3.41. The fourth-order valence-electron chi connectivity index (χ4n) is 1.70. The molecule has 0 spiro atoms. The van der Waals surface area contributed by atoms with Crippen LogP contribution in [0.1, 0.15) is 23.2 Å². The number of esters is 1. The zero-order valence-corrected chi connectivity index (χ0v) is 12.3. The van der Waals surface area contributed by atoms with E-state index in [4.69, 9.17) is 26.2 Å². The number of carbonyl (C=O) groups is 1. The van der Waals surface area contributed by atoms with Gasteiger partial charge in [0.2, 0.25) is 10.0 Å². The molecule has 0 atom stereocenters. The summed E-state index contributed by atoms with van der Waals surface area (Å²) in [4.78, 5) is 11.6. The molecule has 2 N–H and O–H groups in total. The maximum Gasteiger partial charge on any atom is 0.342 e. The van der Waals surface area contributed by atoms with Crippen LogP contribution in [0, 0.1) is 5.92 Å². The fraction of sp³-hybridized carbons (Fsp3) is 0.417. The second-order valence-corrected chi connectivity index (χ2v) is 6.54. The van der Waals surface area contributed by atoms with Gasteiger partial charge in [-0.15, -0.1) is 0 Å². The number of rotatable bonds is 5. The first-order valence-electron chi connectivity index (χ1n) is 5.90. The minimum absolute atomic E-state index is 0.0512. The van der Waals surface area contributed by atoms with Crippen molar-refractivity contribution in [2.24, 2.45) is 11.1 Å². The quantitative estimate of drug-likeness (QED) is 0.831. The Morgan fingerprint density at radius 2 is 2.10 bits per heavy atom. The molecule has 1 aromatic carbocycles. The molecule has 0 unspecified atom stereocenters. The van der Waals surface area contributed by atoms with Crippen molar-refractivity contribution < 1.29 is 22.7 Å². The van der Waals surface area contributed by atoms with Gasteiger partial charge in [-0.2, -0.15) is 0 Å². The third-order valence-corrected chi connectivity index (χ3v) is 4.03. The molecule has 1 aromatic rings. The summed E-state index contributed by atoms with van der Waals surface area (Å²) in [7, 11) is -2.81. The molecule has 1 aliphatic carbocycles. The molecule has 1 fully saturated rings. The molecule has 20 heavy (non-hydrogen) atoms. The summed E-state index contributed by atoms with van der Waals surface area (Å²) >= 11 is 5.82. The summed E-state index contributed by atoms with van der Waals surface area (Å²) in [6.45, 7) is 0.305. The molecule has 1 aliphatic rings. The van der Waals surface area contributed by atoms with E-state index in [0.717, 1.165) is 18.9 Å². The van der Waals surface area contributed by atoms with E-state index in [1.807, 2.05) is 0 Å². The van der Waals surface area contributed by atoms with E-state index in [2.05, 4.69) is 0 Å². The van der Waals surface area contributed by atoms with E-state index in [-0.39, 0.29) is 21.2 Å². The van der Waals surface area contributed by atoms with E-state index in [0.29, 0.717) is 12.5 Å². The highest BCUT2D eigenvalue weighted by Gasteiger charge is 2.27. The van der Waals surface area contributed by atoms with Crippen LogP contribution in [0.3, 0.4) is 0 Å². The van der Waals surface area contributed by atoms with Crippen molar-refractivity contribution >= 4 is 27.6 Å². The van der Waals surface area contributed by atoms with Gasteiger partial charge in [0.15, 0.2) is 5.75 Å². The fourth-order valence-corrected chi connectivity index (χ4v) is 2.72. The second-order valence-electron chi connectivity index (χ2n) is 4.57. The maximum absolute atomic E-state index is 12.0. The van der Waals surface area contributed by atoms with Gasteiger partial charge in [-0.25, -0.2) is 18.4 Å². The van der Waals surface area contributed by atoms with Gasteiger partial charge in [0.25, 0.3) is 0 Å². The lowest BCUT2D eigenvalue weighted by Crippen LogP contribution is -2.16. The van der Waals surface area contributed by atoms with Crippen LogP contribution in [0.4, 0.5) is 0 Å². The molecule has 1 saturated carbocycles. The first-order valence-corrected chi connectivity index (χ1v) is 7.83. The summed E-state index contributed by atoms with van der Waals surface area (Å²) in [6, 6.07) is 2.43. The minimum atomic E-state index is -4.06. The molecular weight excluding hydrogens is 306 g/mol. The van der Waals surface area contributed by atoms with E-state index in [1.54, 1.807) is 0 Å². The van der Waals surface area contributed by atoms with Gasteiger partial charge in [0, 0.05) is 5.02 Å². The van der Waals surface area contributed by atoms with Gasteiger partial charge in [-0.05, 0) is 30.9 Å². The molecule has 2 rings (SSSR count).